The van der Waals surface area contributed by atoms with Crippen LogP contribution in [0, 0.1) is 6.92 Å². The van der Waals surface area contributed by atoms with E-state index >= 15 is 0 Å². The summed E-state index contributed by atoms with van der Waals surface area (Å²) in [4.78, 5) is 21.0. The molecule has 1 amide bonds. The summed E-state index contributed by atoms with van der Waals surface area (Å²) in [5.74, 6) is 0.222. The van der Waals surface area contributed by atoms with E-state index < -0.39 is 21.8 Å². The van der Waals surface area contributed by atoms with Crippen molar-refractivity contribution in [1.82, 2.24) is 20.4 Å². The van der Waals surface area contributed by atoms with Crippen molar-refractivity contribution in [3.05, 3.63) is 58.8 Å². The van der Waals surface area contributed by atoms with Gasteiger partial charge in [-0.3, -0.25) is 9.78 Å². The van der Waals surface area contributed by atoms with E-state index in [1.807, 2.05) is 0 Å². The van der Waals surface area contributed by atoms with Crippen molar-refractivity contribution < 1.29 is 17.7 Å². The summed E-state index contributed by atoms with van der Waals surface area (Å²) in [7, 11) is -3.55. The topological polar surface area (TPSA) is 115 Å². The van der Waals surface area contributed by atoms with Gasteiger partial charge in [0.1, 0.15) is 6.04 Å². The van der Waals surface area contributed by atoms with Crippen LogP contribution in [0.15, 0.2) is 45.9 Å². The van der Waals surface area contributed by atoms with E-state index in [1.165, 1.54) is 18.3 Å². The Hall–Kier alpha value is -2.78. The summed E-state index contributed by atoms with van der Waals surface area (Å²) in [5.41, 5.74) is 1.13. The number of aromatic nitrogens is 3. The lowest BCUT2D eigenvalue weighted by Gasteiger charge is -2.12. The zero-order chi connectivity index (χ0) is 20.5. The number of benzene rings is 1. The summed E-state index contributed by atoms with van der Waals surface area (Å²) >= 11 is 5.86. The second-order valence-corrected chi connectivity index (χ2v) is 8.71. The molecule has 10 heteroatoms. The van der Waals surface area contributed by atoms with Crippen LogP contribution in [-0.2, 0) is 9.84 Å². The predicted octanol–water partition coefficient (Wildman–Crippen LogP) is 2.99. The molecule has 0 spiro atoms. The van der Waals surface area contributed by atoms with E-state index in [1.54, 1.807) is 32.0 Å². The molecule has 2 heterocycles. The Morgan fingerprint density at radius 1 is 1.25 bits per heavy atom. The molecule has 0 aliphatic carbocycles. The molecular weight excluding hydrogens is 404 g/mol. The number of amides is 1. The van der Waals surface area contributed by atoms with E-state index in [9.17, 15) is 13.2 Å². The number of halogens is 1. The van der Waals surface area contributed by atoms with E-state index in [2.05, 4.69) is 20.4 Å². The quantitative estimate of drug-likeness (QED) is 0.674. The highest BCUT2D eigenvalue weighted by atomic mass is 35.5. The van der Waals surface area contributed by atoms with Gasteiger partial charge in [-0.25, -0.2) is 8.42 Å². The minimum absolute atomic E-state index is 0.00758. The number of aryl methyl sites for hydroxylation is 1. The first kappa shape index (κ1) is 20.0. The molecule has 3 rings (SSSR count). The first-order valence-corrected chi connectivity index (χ1v) is 10.5. The lowest BCUT2D eigenvalue weighted by molar-refractivity contribution is 0.0932. The highest BCUT2D eigenvalue weighted by Gasteiger charge is 2.19. The largest absolute Gasteiger partial charge is 0.341 e. The van der Waals surface area contributed by atoms with Gasteiger partial charge >= 0.3 is 0 Å². The number of nitrogens with zero attached hydrogens (tertiary/aromatic N) is 3. The van der Waals surface area contributed by atoms with Crippen LogP contribution in [-0.4, -0.2) is 35.7 Å². The average molecular weight is 421 g/mol. The van der Waals surface area contributed by atoms with Crippen molar-refractivity contribution in [2.24, 2.45) is 0 Å². The van der Waals surface area contributed by atoms with Gasteiger partial charge in [0.2, 0.25) is 5.89 Å². The Labute approximate surface area is 166 Å². The Morgan fingerprint density at radius 2 is 2.00 bits per heavy atom. The normalized spacial score (nSPS) is 12.6. The zero-order valence-corrected chi connectivity index (χ0v) is 16.9. The van der Waals surface area contributed by atoms with Crippen LogP contribution in [0.25, 0.3) is 11.3 Å². The van der Waals surface area contributed by atoms with Crippen LogP contribution in [0.3, 0.4) is 0 Å². The lowest BCUT2D eigenvalue weighted by Crippen LogP contribution is -2.27. The fraction of sp³-hybridized carbons (Fsp3) is 0.222. The minimum Gasteiger partial charge on any atom is -0.341 e. The Kier molecular flexibility index (Phi) is 5.48. The first-order chi connectivity index (χ1) is 13.1. The van der Waals surface area contributed by atoms with Gasteiger partial charge in [-0.05, 0) is 44.2 Å². The fourth-order valence-electron chi connectivity index (χ4n) is 2.47. The molecule has 0 radical (unpaired) electrons. The molecule has 0 saturated heterocycles. The van der Waals surface area contributed by atoms with Crippen LogP contribution in [0.1, 0.15) is 35.0 Å². The highest BCUT2D eigenvalue weighted by Crippen LogP contribution is 2.25. The van der Waals surface area contributed by atoms with E-state index in [4.69, 9.17) is 16.1 Å². The maximum Gasteiger partial charge on any atom is 0.251 e. The Morgan fingerprint density at radius 3 is 2.57 bits per heavy atom. The Balaban J connectivity index is 1.98. The highest BCUT2D eigenvalue weighted by molar-refractivity contribution is 7.90. The average Bonchev–Trinajstić information content (AvgIpc) is 3.08. The maximum absolute atomic E-state index is 12.7. The molecule has 0 aliphatic rings. The van der Waals surface area contributed by atoms with E-state index in [-0.39, 0.29) is 16.3 Å². The molecule has 1 aromatic carbocycles. The molecule has 1 N–H and O–H groups in total. The van der Waals surface area contributed by atoms with Crippen molar-refractivity contribution >= 4 is 27.3 Å². The molecule has 0 saturated carbocycles. The summed E-state index contributed by atoms with van der Waals surface area (Å²) < 4.78 is 29.2. The molecule has 0 unspecified atom stereocenters. The van der Waals surface area contributed by atoms with Crippen molar-refractivity contribution in [2.75, 3.05) is 6.26 Å². The number of nitrogens with one attached hydrogen (secondary N) is 1. The predicted molar refractivity (Wildman–Crippen MR) is 103 cm³/mol. The molecule has 28 heavy (non-hydrogen) atoms. The van der Waals surface area contributed by atoms with Gasteiger partial charge in [0.15, 0.2) is 15.7 Å². The third-order valence-electron chi connectivity index (χ3n) is 3.88. The molecule has 8 nitrogen and oxygen atoms in total. The number of carbonyl (C=O) groups excluding carboxylic acids is 1. The van der Waals surface area contributed by atoms with Gasteiger partial charge in [-0.1, -0.05) is 16.8 Å². The van der Waals surface area contributed by atoms with Crippen molar-refractivity contribution in [1.29, 1.82) is 0 Å². The van der Waals surface area contributed by atoms with Crippen molar-refractivity contribution in [3.63, 3.8) is 0 Å². The number of pyridine rings is 1. The molecule has 0 fully saturated rings. The van der Waals surface area contributed by atoms with Gasteiger partial charge in [-0.2, -0.15) is 4.98 Å². The van der Waals surface area contributed by atoms with Crippen LogP contribution in [0.2, 0.25) is 5.02 Å². The number of hydrogen-bond acceptors (Lipinski definition) is 7. The van der Waals surface area contributed by atoms with Crippen molar-refractivity contribution in [3.8, 4) is 11.3 Å². The number of carbonyl (C=O) groups is 1. The maximum atomic E-state index is 12.7. The van der Waals surface area contributed by atoms with E-state index in [0.29, 0.717) is 22.1 Å². The van der Waals surface area contributed by atoms with Gasteiger partial charge in [0, 0.05) is 23.6 Å². The summed E-state index contributed by atoms with van der Waals surface area (Å²) in [6, 6.07) is 7.08. The Bertz CT molecular complexity index is 1130. The summed E-state index contributed by atoms with van der Waals surface area (Å²) in [6.07, 6.45) is 2.52. The first-order valence-electron chi connectivity index (χ1n) is 8.21. The molecule has 2 aromatic heterocycles. The van der Waals surface area contributed by atoms with Gasteiger partial charge < -0.3 is 9.84 Å². The molecule has 146 valence electrons. The number of hydrogen-bond donors (Lipinski definition) is 1. The van der Waals surface area contributed by atoms with Crippen LogP contribution in [0.4, 0.5) is 0 Å². The third-order valence-corrected chi connectivity index (χ3v) is 5.20. The molecule has 0 aliphatic heterocycles. The van der Waals surface area contributed by atoms with E-state index in [0.717, 1.165) is 6.26 Å². The van der Waals surface area contributed by atoms with Crippen LogP contribution >= 0.6 is 11.6 Å². The molecule has 1 atom stereocenters. The van der Waals surface area contributed by atoms with Crippen LogP contribution in [0.5, 0.6) is 0 Å². The standard InChI is InChI=1S/C18H17ClN4O4S/c1-10(18-22-11(2)23-27-18)21-17(24)13-6-12(7-15(8-13)28(3,25)26)16-5-4-14(19)9-20-16/h4-10H,1-3H3,(H,21,24)/t10-/m1/s1. The zero-order valence-electron chi connectivity index (χ0n) is 15.3. The SMILES string of the molecule is Cc1noc([C@@H](C)NC(=O)c2cc(-c3ccc(Cl)cn3)cc(S(C)(=O)=O)c2)n1. The van der Waals surface area contributed by atoms with Crippen molar-refractivity contribution in [2.45, 2.75) is 24.8 Å². The fourth-order valence-corrected chi connectivity index (χ4v) is 3.26. The summed E-state index contributed by atoms with van der Waals surface area (Å²) in [5, 5.41) is 6.86. The number of rotatable bonds is 5. The minimum atomic E-state index is -3.55. The molecule has 3 aromatic rings. The van der Waals surface area contributed by atoms with Gasteiger partial charge in [0.25, 0.3) is 5.91 Å². The van der Waals surface area contributed by atoms with Crippen LogP contribution < -0.4 is 5.32 Å². The lowest BCUT2D eigenvalue weighted by atomic mass is 10.1. The van der Waals surface area contributed by atoms with Gasteiger partial charge in [0.05, 0.1) is 15.6 Å². The second kappa shape index (κ2) is 7.69. The van der Waals surface area contributed by atoms with Gasteiger partial charge in [-0.15, -0.1) is 0 Å². The smallest absolute Gasteiger partial charge is 0.251 e. The summed E-state index contributed by atoms with van der Waals surface area (Å²) in [6.45, 7) is 3.36. The second-order valence-electron chi connectivity index (χ2n) is 6.25. The number of sulfone groups is 1. The monoisotopic (exact) mass is 420 g/mol. The molecular formula is C18H17ClN4O4S. The molecule has 0 bridgehead atoms. The third kappa shape index (κ3) is 4.55.